The molecule has 0 bridgehead atoms. The van der Waals surface area contributed by atoms with E-state index in [0.717, 1.165) is 6.07 Å². The Hall–Kier alpha value is -4.26. The number of aromatic amines is 1. The van der Waals surface area contributed by atoms with Crippen molar-refractivity contribution in [2.45, 2.75) is 0 Å². The average molecular weight is 416 g/mol. The summed E-state index contributed by atoms with van der Waals surface area (Å²) in [5.41, 5.74) is 2.30. The number of hydrogen-bond donors (Lipinski definition) is 3. The largest absolute Gasteiger partial charge is 0.507 e. The number of rotatable bonds is 3. The van der Waals surface area contributed by atoms with Crippen LogP contribution in [-0.4, -0.2) is 26.2 Å². The molecule has 0 aliphatic carbocycles. The molecule has 0 radical (unpaired) electrons. The van der Waals surface area contributed by atoms with E-state index >= 15 is 0 Å². The minimum atomic E-state index is -1.16. The monoisotopic (exact) mass is 416 g/mol. The number of benzene rings is 4. The first-order valence-corrected chi connectivity index (χ1v) is 9.35. The van der Waals surface area contributed by atoms with Crippen LogP contribution in [0, 0.1) is 11.6 Å². The number of aromatic nitrogens is 2. The lowest BCUT2D eigenvalue weighted by molar-refractivity contribution is 0.0696. The Balaban J connectivity index is 1.70. The minimum Gasteiger partial charge on any atom is -0.507 e. The van der Waals surface area contributed by atoms with Gasteiger partial charge in [-0.25, -0.2) is 18.6 Å². The summed E-state index contributed by atoms with van der Waals surface area (Å²) in [7, 11) is 0. The molecule has 0 unspecified atom stereocenters. The van der Waals surface area contributed by atoms with Gasteiger partial charge in [-0.15, -0.1) is 0 Å². The molecule has 0 atom stereocenters. The number of aromatic carboxylic acids is 1. The summed E-state index contributed by atoms with van der Waals surface area (Å²) in [4.78, 5) is 18.8. The van der Waals surface area contributed by atoms with Gasteiger partial charge in [-0.05, 0) is 59.0 Å². The quantitative estimate of drug-likeness (QED) is 0.350. The van der Waals surface area contributed by atoms with Crippen molar-refractivity contribution in [3.8, 4) is 28.3 Å². The fraction of sp³-hybridized carbons (Fsp3) is 0. The number of carbonyl (C=O) groups is 1. The number of phenols is 1. The third-order valence-electron chi connectivity index (χ3n) is 5.17. The third-order valence-corrected chi connectivity index (χ3v) is 5.17. The second kappa shape index (κ2) is 6.91. The zero-order valence-electron chi connectivity index (χ0n) is 15.9. The number of imidazole rings is 1. The summed E-state index contributed by atoms with van der Waals surface area (Å²) in [5.74, 6) is -2.06. The lowest BCUT2D eigenvalue weighted by atomic mass is 10.0. The van der Waals surface area contributed by atoms with Gasteiger partial charge in [-0.3, -0.25) is 0 Å². The Morgan fingerprint density at radius 3 is 2.52 bits per heavy atom. The van der Waals surface area contributed by atoms with E-state index in [1.807, 2.05) is 0 Å². The maximum Gasteiger partial charge on any atom is 0.335 e. The Morgan fingerprint density at radius 2 is 1.74 bits per heavy atom. The second-order valence-corrected chi connectivity index (χ2v) is 7.15. The third kappa shape index (κ3) is 3.16. The van der Waals surface area contributed by atoms with E-state index in [2.05, 4.69) is 9.97 Å². The first-order chi connectivity index (χ1) is 14.9. The molecule has 5 aromatic rings. The maximum atomic E-state index is 14.7. The summed E-state index contributed by atoms with van der Waals surface area (Å²) < 4.78 is 28.3. The number of phenolic OH excluding ortho intramolecular Hbond substituents is 1. The Labute approximate surface area is 174 Å². The van der Waals surface area contributed by atoms with E-state index in [4.69, 9.17) is 0 Å². The molecule has 3 N–H and O–H groups in total. The van der Waals surface area contributed by atoms with Crippen LogP contribution >= 0.6 is 0 Å². The van der Waals surface area contributed by atoms with Gasteiger partial charge in [-0.1, -0.05) is 24.3 Å². The smallest absolute Gasteiger partial charge is 0.335 e. The molecule has 0 fully saturated rings. The topological polar surface area (TPSA) is 86.2 Å². The van der Waals surface area contributed by atoms with Gasteiger partial charge in [-0.2, -0.15) is 0 Å². The Bertz CT molecular complexity index is 1510. The molecule has 31 heavy (non-hydrogen) atoms. The number of fused-ring (bicyclic) bond motifs is 3. The van der Waals surface area contributed by atoms with Crippen LogP contribution in [0.4, 0.5) is 8.78 Å². The number of nitrogens with zero attached hydrogens (tertiary/aromatic N) is 1. The van der Waals surface area contributed by atoms with Gasteiger partial charge in [0.25, 0.3) is 0 Å². The van der Waals surface area contributed by atoms with Crippen molar-refractivity contribution in [3.05, 3.63) is 83.9 Å². The molecular weight excluding hydrogens is 402 g/mol. The number of carboxylic acids is 1. The Morgan fingerprint density at radius 1 is 0.935 bits per heavy atom. The summed E-state index contributed by atoms with van der Waals surface area (Å²) in [6.07, 6.45) is 0. The minimum absolute atomic E-state index is 0.0473. The summed E-state index contributed by atoms with van der Waals surface area (Å²) in [5, 5.41) is 20.5. The number of carboxylic acid groups (broad SMARTS) is 1. The average Bonchev–Trinajstić information content (AvgIpc) is 3.17. The van der Waals surface area contributed by atoms with Gasteiger partial charge in [0.15, 0.2) is 0 Å². The molecule has 7 heteroatoms. The van der Waals surface area contributed by atoms with Crippen molar-refractivity contribution in [1.29, 1.82) is 0 Å². The molecule has 0 saturated heterocycles. The summed E-state index contributed by atoms with van der Waals surface area (Å²) >= 11 is 0. The number of H-pyrrole nitrogens is 1. The zero-order chi connectivity index (χ0) is 21.7. The number of nitrogens with one attached hydrogen (secondary N) is 1. The van der Waals surface area contributed by atoms with Gasteiger partial charge >= 0.3 is 5.97 Å². The molecule has 5 rings (SSSR count). The highest BCUT2D eigenvalue weighted by Gasteiger charge is 2.17. The van der Waals surface area contributed by atoms with Crippen molar-refractivity contribution in [3.63, 3.8) is 0 Å². The fourth-order valence-corrected chi connectivity index (χ4v) is 3.71. The first kappa shape index (κ1) is 18.7. The standard InChI is InChI=1S/C24H14F2N2O3/c25-16-3-1-2-12(9-16)13-4-6-18(26)17(10-13)23-27-19-7-5-14-8-15(24(30)31)11-20(29)21(14)22(19)28-23/h1-11,29H,(H,27,28)(H,30,31). The summed E-state index contributed by atoms with van der Waals surface area (Å²) in [6, 6.07) is 16.4. The van der Waals surface area contributed by atoms with E-state index in [1.54, 1.807) is 36.4 Å². The molecule has 1 aromatic heterocycles. The van der Waals surface area contributed by atoms with E-state index in [9.17, 15) is 23.8 Å². The van der Waals surface area contributed by atoms with Gasteiger partial charge in [0.05, 0.1) is 22.0 Å². The molecule has 152 valence electrons. The number of aromatic hydroxyl groups is 1. The molecular formula is C24H14F2N2O3. The van der Waals surface area contributed by atoms with Gasteiger partial charge in [0.1, 0.15) is 28.7 Å². The highest BCUT2D eigenvalue weighted by molar-refractivity contribution is 6.10. The molecule has 5 nitrogen and oxygen atoms in total. The van der Waals surface area contributed by atoms with Crippen molar-refractivity contribution in [2.24, 2.45) is 0 Å². The van der Waals surface area contributed by atoms with Crippen molar-refractivity contribution >= 4 is 27.8 Å². The van der Waals surface area contributed by atoms with Crippen LogP contribution in [0.1, 0.15) is 10.4 Å². The van der Waals surface area contributed by atoms with Crippen LogP contribution in [0.3, 0.4) is 0 Å². The molecule has 0 aliphatic rings. The van der Waals surface area contributed by atoms with Gasteiger partial charge in [0.2, 0.25) is 0 Å². The van der Waals surface area contributed by atoms with E-state index in [0.29, 0.717) is 32.9 Å². The predicted octanol–water partition coefficient (Wildman–Crippen LogP) is 5.73. The number of hydrogen-bond acceptors (Lipinski definition) is 3. The zero-order valence-corrected chi connectivity index (χ0v) is 15.9. The molecule has 0 amide bonds. The maximum absolute atomic E-state index is 14.7. The van der Waals surface area contributed by atoms with Crippen LogP contribution in [0.15, 0.2) is 66.7 Å². The van der Waals surface area contributed by atoms with Crippen LogP contribution in [0.5, 0.6) is 5.75 Å². The van der Waals surface area contributed by atoms with Crippen LogP contribution < -0.4 is 0 Å². The molecule has 1 heterocycles. The molecule has 0 spiro atoms. The van der Waals surface area contributed by atoms with E-state index < -0.39 is 17.6 Å². The van der Waals surface area contributed by atoms with Crippen LogP contribution in [0.2, 0.25) is 0 Å². The molecule has 0 saturated carbocycles. The second-order valence-electron chi connectivity index (χ2n) is 7.15. The van der Waals surface area contributed by atoms with E-state index in [1.165, 1.54) is 24.3 Å². The first-order valence-electron chi connectivity index (χ1n) is 9.35. The van der Waals surface area contributed by atoms with Crippen molar-refractivity contribution in [2.75, 3.05) is 0 Å². The fourth-order valence-electron chi connectivity index (χ4n) is 3.71. The highest BCUT2D eigenvalue weighted by atomic mass is 19.1. The lowest BCUT2D eigenvalue weighted by Crippen LogP contribution is -1.95. The predicted molar refractivity (Wildman–Crippen MR) is 113 cm³/mol. The summed E-state index contributed by atoms with van der Waals surface area (Å²) in [6.45, 7) is 0. The van der Waals surface area contributed by atoms with Crippen molar-refractivity contribution < 1.29 is 23.8 Å². The molecule has 0 aliphatic heterocycles. The molecule has 4 aromatic carbocycles. The number of halogens is 2. The lowest BCUT2D eigenvalue weighted by Gasteiger charge is -2.06. The van der Waals surface area contributed by atoms with Crippen LogP contribution in [-0.2, 0) is 0 Å². The van der Waals surface area contributed by atoms with Crippen molar-refractivity contribution in [1.82, 2.24) is 9.97 Å². The SMILES string of the molecule is O=C(O)c1cc(O)c2c(ccc3[nH]c(-c4cc(-c5cccc(F)c5)ccc4F)nc32)c1. The normalized spacial score (nSPS) is 11.3. The van der Waals surface area contributed by atoms with E-state index in [-0.39, 0.29) is 22.7 Å². The van der Waals surface area contributed by atoms with Gasteiger partial charge in [0, 0.05) is 0 Å². The van der Waals surface area contributed by atoms with Gasteiger partial charge < -0.3 is 15.2 Å². The Kier molecular flexibility index (Phi) is 4.18. The highest BCUT2D eigenvalue weighted by Crippen LogP contribution is 2.35. The van der Waals surface area contributed by atoms with Crippen LogP contribution in [0.25, 0.3) is 44.3 Å².